The van der Waals surface area contributed by atoms with Crippen LogP contribution in [0.25, 0.3) is 22.3 Å². The van der Waals surface area contributed by atoms with E-state index in [1.807, 2.05) is 6.20 Å². The number of nitrogens with one attached hydrogen (secondary N) is 3. The zero-order valence-electron chi connectivity index (χ0n) is 21.4. The minimum atomic E-state index is -0.801. The van der Waals surface area contributed by atoms with Gasteiger partial charge in [-0.25, -0.2) is 28.7 Å². The summed E-state index contributed by atoms with van der Waals surface area (Å²) in [4.78, 5) is 22.4. The average molecular weight is 517 g/mol. The molecule has 0 bridgehead atoms. The lowest BCUT2D eigenvalue weighted by molar-refractivity contribution is 0.166. The van der Waals surface area contributed by atoms with E-state index in [0.717, 1.165) is 67.9 Å². The van der Waals surface area contributed by atoms with Crippen molar-refractivity contribution < 1.29 is 8.78 Å². The highest BCUT2D eigenvalue weighted by atomic mass is 19.1. The van der Waals surface area contributed by atoms with Gasteiger partial charge in [-0.05, 0) is 60.8 Å². The molecule has 196 valence electrons. The molecule has 1 aliphatic carbocycles. The number of rotatable bonds is 7. The lowest BCUT2D eigenvalue weighted by atomic mass is 9.74. The fourth-order valence-electron chi connectivity index (χ4n) is 5.16. The predicted octanol–water partition coefficient (Wildman–Crippen LogP) is 5.43. The zero-order chi connectivity index (χ0) is 26.3. The minimum absolute atomic E-state index is 0.110. The molecule has 3 N–H and O–H groups in total. The molecule has 0 spiro atoms. The summed E-state index contributed by atoms with van der Waals surface area (Å²) in [6.07, 6.45) is 9.67. The Morgan fingerprint density at radius 3 is 2.68 bits per heavy atom. The summed E-state index contributed by atoms with van der Waals surface area (Å²) in [5.74, 6) is 1.00. The van der Waals surface area contributed by atoms with Crippen molar-refractivity contribution in [1.82, 2.24) is 30.2 Å². The van der Waals surface area contributed by atoms with Crippen molar-refractivity contribution in [2.45, 2.75) is 39.0 Å². The van der Waals surface area contributed by atoms with Crippen LogP contribution in [0.4, 0.5) is 26.2 Å². The van der Waals surface area contributed by atoms with Gasteiger partial charge in [0.05, 0.1) is 17.9 Å². The van der Waals surface area contributed by atoms with Gasteiger partial charge < -0.3 is 16.0 Å². The van der Waals surface area contributed by atoms with E-state index < -0.39 is 11.6 Å². The van der Waals surface area contributed by atoms with Gasteiger partial charge in [0, 0.05) is 42.5 Å². The molecular formula is C28H30F2N8. The van der Waals surface area contributed by atoms with Crippen molar-refractivity contribution >= 4 is 28.4 Å². The van der Waals surface area contributed by atoms with Gasteiger partial charge in [-0.1, -0.05) is 13.8 Å². The summed E-state index contributed by atoms with van der Waals surface area (Å²) >= 11 is 0. The maximum absolute atomic E-state index is 14.2. The molecule has 5 heterocycles. The van der Waals surface area contributed by atoms with E-state index in [2.05, 4.69) is 44.7 Å². The molecule has 38 heavy (non-hydrogen) atoms. The summed E-state index contributed by atoms with van der Waals surface area (Å²) in [6.45, 7) is 7.42. The van der Waals surface area contributed by atoms with Gasteiger partial charge in [-0.3, -0.25) is 4.98 Å². The molecule has 1 aliphatic heterocycles. The third-order valence-corrected chi connectivity index (χ3v) is 7.60. The van der Waals surface area contributed by atoms with E-state index in [0.29, 0.717) is 29.0 Å². The van der Waals surface area contributed by atoms with Crippen LogP contribution >= 0.6 is 0 Å². The fraction of sp³-hybridized carbons (Fsp3) is 0.393. The number of halogens is 2. The number of hydrogen-bond donors (Lipinski definition) is 3. The fourth-order valence-corrected chi connectivity index (χ4v) is 5.16. The normalized spacial score (nSPS) is 18.9. The number of pyridine rings is 3. The van der Waals surface area contributed by atoms with Crippen molar-refractivity contribution in [2.75, 3.05) is 30.3 Å². The van der Waals surface area contributed by atoms with Crippen molar-refractivity contribution in [3.8, 4) is 11.4 Å². The summed E-state index contributed by atoms with van der Waals surface area (Å²) in [7, 11) is 0. The largest absolute Gasteiger partial charge is 0.369 e. The van der Waals surface area contributed by atoms with Gasteiger partial charge in [-0.2, -0.15) is 0 Å². The molecule has 0 amide bonds. The maximum Gasteiger partial charge on any atom is 0.168 e. The van der Waals surface area contributed by atoms with E-state index in [9.17, 15) is 8.78 Å². The van der Waals surface area contributed by atoms with Gasteiger partial charge in [0.15, 0.2) is 17.5 Å². The smallest absolute Gasteiger partial charge is 0.168 e. The van der Waals surface area contributed by atoms with Crippen LogP contribution in [0.1, 0.15) is 44.6 Å². The first-order valence-electron chi connectivity index (χ1n) is 13.0. The van der Waals surface area contributed by atoms with Crippen LogP contribution in [0, 0.1) is 23.0 Å². The quantitative estimate of drug-likeness (QED) is 0.299. The van der Waals surface area contributed by atoms with E-state index in [-0.39, 0.29) is 11.2 Å². The monoisotopic (exact) mass is 516 g/mol. The molecule has 1 saturated heterocycles. The van der Waals surface area contributed by atoms with Gasteiger partial charge in [0.2, 0.25) is 0 Å². The third kappa shape index (κ3) is 5.00. The van der Waals surface area contributed by atoms with Crippen molar-refractivity contribution in [3.05, 3.63) is 60.2 Å². The van der Waals surface area contributed by atoms with E-state index in [4.69, 9.17) is 9.97 Å². The number of fused-ring (bicyclic) bond motifs is 1. The van der Waals surface area contributed by atoms with Crippen molar-refractivity contribution in [3.63, 3.8) is 0 Å². The lowest BCUT2D eigenvalue weighted by Gasteiger charge is -2.39. The summed E-state index contributed by atoms with van der Waals surface area (Å²) in [5.41, 5.74) is 2.85. The lowest BCUT2D eigenvalue weighted by Crippen LogP contribution is -2.45. The second-order valence-corrected chi connectivity index (χ2v) is 10.9. The highest BCUT2D eigenvalue weighted by molar-refractivity contribution is 5.93. The van der Waals surface area contributed by atoms with Crippen molar-refractivity contribution in [2.24, 2.45) is 11.3 Å². The van der Waals surface area contributed by atoms with Crippen LogP contribution in [0.15, 0.2) is 43.0 Å². The Labute approximate surface area is 219 Å². The number of anilines is 3. The Balaban J connectivity index is 1.36. The van der Waals surface area contributed by atoms with E-state index in [1.165, 1.54) is 5.56 Å². The Bertz CT molecular complexity index is 1490. The molecule has 6 rings (SSSR count). The summed E-state index contributed by atoms with van der Waals surface area (Å²) in [6, 6.07) is 4.31. The molecule has 10 heteroatoms. The van der Waals surface area contributed by atoms with Gasteiger partial charge in [0.1, 0.15) is 17.5 Å². The van der Waals surface area contributed by atoms with Crippen LogP contribution in [-0.4, -0.2) is 44.6 Å². The van der Waals surface area contributed by atoms with Crippen LogP contribution in [0.5, 0.6) is 0 Å². The molecule has 1 saturated carbocycles. The van der Waals surface area contributed by atoms with Crippen LogP contribution in [-0.2, 0) is 0 Å². The first kappa shape index (κ1) is 24.5. The molecule has 2 aliphatic rings. The number of hydrogen-bond acceptors (Lipinski definition) is 8. The highest BCUT2D eigenvalue weighted by Crippen LogP contribution is 2.44. The summed E-state index contributed by atoms with van der Waals surface area (Å²) in [5, 5.41) is 11.0. The topological polar surface area (TPSA) is 101 Å². The van der Waals surface area contributed by atoms with E-state index in [1.54, 1.807) is 24.5 Å². The first-order chi connectivity index (χ1) is 18.4. The molecule has 2 fully saturated rings. The number of aromatic nitrogens is 5. The molecule has 8 nitrogen and oxygen atoms in total. The van der Waals surface area contributed by atoms with Crippen LogP contribution in [0.2, 0.25) is 0 Å². The Morgan fingerprint density at radius 2 is 1.89 bits per heavy atom. The molecule has 1 unspecified atom stereocenters. The average Bonchev–Trinajstić information content (AvgIpc) is 3.74. The Morgan fingerprint density at radius 1 is 1.03 bits per heavy atom. The molecule has 1 atom stereocenters. The number of piperidine rings is 1. The molecular weight excluding hydrogens is 486 g/mol. The molecule has 0 aromatic carbocycles. The predicted molar refractivity (Wildman–Crippen MR) is 143 cm³/mol. The minimum Gasteiger partial charge on any atom is -0.369 e. The highest BCUT2D eigenvalue weighted by Gasteiger charge is 2.33. The van der Waals surface area contributed by atoms with Gasteiger partial charge >= 0.3 is 0 Å². The van der Waals surface area contributed by atoms with Crippen LogP contribution < -0.4 is 16.0 Å². The zero-order valence-corrected chi connectivity index (χ0v) is 21.4. The second kappa shape index (κ2) is 9.83. The van der Waals surface area contributed by atoms with Crippen LogP contribution in [0.3, 0.4) is 0 Å². The van der Waals surface area contributed by atoms with E-state index >= 15 is 0 Å². The maximum atomic E-state index is 14.2. The molecule has 4 aromatic heterocycles. The van der Waals surface area contributed by atoms with Gasteiger partial charge in [-0.15, -0.1) is 0 Å². The molecule has 4 aromatic rings. The Hall–Kier alpha value is -3.79. The molecule has 0 radical (unpaired) electrons. The standard InChI is InChI=1S/C28H30F2N8/c1-28(2)15-31-7-6-18(28)11-34-27-24-20(16-3-4-16)13-32-14-22(24)36-25(38-27)17-5-8-33-23(9-17)37-26-21(30)10-19(29)12-35-26/h5,8-10,12-14,16,18,31H,3-4,6-7,11,15H2,1-2H3,(H,33,35,37)(H,34,36,38). The third-order valence-electron chi connectivity index (χ3n) is 7.60. The number of nitrogens with zero attached hydrogens (tertiary/aromatic N) is 5. The first-order valence-corrected chi connectivity index (χ1v) is 13.0. The SMILES string of the molecule is CC1(C)CNCCC1CNc1nc(-c2ccnc(Nc3ncc(F)cc3F)c2)nc2cncc(C3CC3)c12. The second-order valence-electron chi connectivity index (χ2n) is 10.9. The summed E-state index contributed by atoms with van der Waals surface area (Å²) < 4.78 is 27.4. The van der Waals surface area contributed by atoms with Gasteiger partial charge in [0.25, 0.3) is 0 Å². The van der Waals surface area contributed by atoms with Crippen molar-refractivity contribution in [1.29, 1.82) is 0 Å². The Kier molecular flexibility index (Phi) is 6.35.